The second-order valence-electron chi connectivity index (χ2n) is 3.31. The molecule has 74 valence electrons. The van der Waals surface area contributed by atoms with Crippen LogP contribution in [0.5, 0.6) is 0 Å². The number of hydrogen-bond donors (Lipinski definition) is 1. The second-order valence-corrected chi connectivity index (χ2v) is 3.31. The lowest BCUT2D eigenvalue weighted by Crippen LogP contribution is -2.22. The molecule has 0 unspecified atom stereocenters. The molecular formula is C9H12N4O. The van der Waals surface area contributed by atoms with Gasteiger partial charge in [0.1, 0.15) is 6.33 Å². The first-order chi connectivity index (χ1) is 6.81. The Labute approximate surface area is 81.8 Å². The highest BCUT2D eigenvalue weighted by Crippen LogP contribution is 2.35. The summed E-state index contributed by atoms with van der Waals surface area (Å²) in [6.45, 7) is 3.79. The van der Waals surface area contributed by atoms with Crippen molar-refractivity contribution >= 4 is 5.91 Å². The van der Waals surface area contributed by atoms with E-state index >= 15 is 0 Å². The molecule has 5 nitrogen and oxygen atoms in total. The van der Waals surface area contributed by atoms with Crippen molar-refractivity contribution in [1.29, 1.82) is 0 Å². The molecule has 1 aliphatic rings. The molecule has 1 aromatic heterocycles. The molecule has 0 saturated heterocycles. The topological polar surface area (TPSA) is 59.8 Å². The maximum absolute atomic E-state index is 10.9. The van der Waals surface area contributed by atoms with E-state index < -0.39 is 0 Å². The molecule has 2 rings (SSSR count). The van der Waals surface area contributed by atoms with Gasteiger partial charge in [-0.25, -0.2) is 0 Å². The molecule has 1 aliphatic carbocycles. The Morgan fingerprint density at radius 1 is 1.79 bits per heavy atom. The van der Waals surface area contributed by atoms with Crippen LogP contribution in [0.4, 0.5) is 0 Å². The van der Waals surface area contributed by atoms with Crippen LogP contribution in [0.3, 0.4) is 0 Å². The summed E-state index contributed by atoms with van der Waals surface area (Å²) in [7, 11) is 0. The first kappa shape index (κ1) is 8.93. The zero-order chi connectivity index (χ0) is 9.97. The third kappa shape index (κ3) is 1.81. The monoisotopic (exact) mass is 192 g/mol. The molecule has 0 spiro atoms. The van der Waals surface area contributed by atoms with Crippen LogP contribution in [0, 0.1) is 0 Å². The Bertz CT molecular complexity index is 353. The Kier molecular flexibility index (Phi) is 2.30. The summed E-state index contributed by atoms with van der Waals surface area (Å²) >= 11 is 0. The predicted octanol–water partition coefficient (Wildman–Crippen LogP) is 0.415. The van der Waals surface area contributed by atoms with E-state index in [1.807, 2.05) is 4.57 Å². The van der Waals surface area contributed by atoms with Gasteiger partial charge in [0.05, 0.1) is 6.54 Å². The number of nitrogens with one attached hydrogen (secondary N) is 1. The molecule has 14 heavy (non-hydrogen) atoms. The van der Waals surface area contributed by atoms with E-state index in [2.05, 4.69) is 22.1 Å². The van der Waals surface area contributed by atoms with E-state index in [1.165, 1.54) is 18.9 Å². The molecule has 1 N–H and O–H groups in total. The number of nitrogens with zero attached hydrogens (tertiary/aromatic N) is 3. The smallest absolute Gasteiger partial charge is 0.243 e. The molecule has 0 atom stereocenters. The van der Waals surface area contributed by atoms with Crippen molar-refractivity contribution in [3.63, 3.8) is 0 Å². The lowest BCUT2D eigenvalue weighted by Gasteiger charge is -2.04. The molecule has 1 heterocycles. The number of rotatable bonds is 4. The fourth-order valence-corrected chi connectivity index (χ4v) is 1.29. The van der Waals surface area contributed by atoms with Gasteiger partial charge in [0.15, 0.2) is 5.82 Å². The summed E-state index contributed by atoms with van der Waals surface area (Å²) in [4.78, 5) is 10.9. The molecule has 0 aromatic carbocycles. The molecule has 1 aromatic rings. The minimum atomic E-state index is -0.185. The lowest BCUT2D eigenvalue weighted by atomic mass is 10.5. The standard InChI is InChI=1S/C9H12N4O/c1-2-9(14)10-5-8-12-11-6-13(8)7-3-4-7/h2,6-7H,1,3-5H2,(H,10,14). The van der Waals surface area contributed by atoms with Gasteiger partial charge in [-0.1, -0.05) is 6.58 Å². The minimum Gasteiger partial charge on any atom is -0.345 e. The number of hydrogen-bond acceptors (Lipinski definition) is 3. The molecule has 0 aliphatic heterocycles. The van der Waals surface area contributed by atoms with Gasteiger partial charge in [-0.3, -0.25) is 4.79 Å². The van der Waals surface area contributed by atoms with E-state index in [9.17, 15) is 4.79 Å². The van der Waals surface area contributed by atoms with Crippen molar-refractivity contribution in [2.75, 3.05) is 0 Å². The van der Waals surface area contributed by atoms with Gasteiger partial charge < -0.3 is 9.88 Å². The third-order valence-corrected chi connectivity index (χ3v) is 2.19. The Balaban J connectivity index is 1.98. The highest BCUT2D eigenvalue weighted by atomic mass is 16.1. The van der Waals surface area contributed by atoms with E-state index in [0.717, 1.165) is 5.82 Å². The van der Waals surface area contributed by atoms with Gasteiger partial charge in [-0.15, -0.1) is 10.2 Å². The van der Waals surface area contributed by atoms with E-state index in [4.69, 9.17) is 0 Å². The van der Waals surface area contributed by atoms with E-state index in [1.54, 1.807) is 6.33 Å². The first-order valence-electron chi connectivity index (χ1n) is 4.60. The van der Waals surface area contributed by atoms with Crippen LogP contribution >= 0.6 is 0 Å². The normalized spacial score (nSPS) is 15.1. The quantitative estimate of drug-likeness (QED) is 0.703. The van der Waals surface area contributed by atoms with Gasteiger partial charge in [0.2, 0.25) is 5.91 Å². The van der Waals surface area contributed by atoms with E-state index in [-0.39, 0.29) is 5.91 Å². The van der Waals surface area contributed by atoms with Crippen molar-refractivity contribution in [3.05, 3.63) is 24.8 Å². The zero-order valence-corrected chi connectivity index (χ0v) is 7.81. The minimum absolute atomic E-state index is 0.185. The zero-order valence-electron chi connectivity index (χ0n) is 7.81. The van der Waals surface area contributed by atoms with Crippen LogP contribution in [-0.2, 0) is 11.3 Å². The van der Waals surface area contributed by atoms with Crippen LogP contribution in [-0.4, -0.2) is 20.7 Å². The van der Waals surface area contributed by atoms with Gasteiger partial charge in [-0.05, 0) is 18.9 Å². The highest BCUT2D eigenvalue weighted by molar-refractivity contribution is 5.86. The van der Waals surface area contributed by atoms with Gasteiger partial charge >= 0.3 is 0 Å². The Morgan fingerprint density at radius 2 is 2.57 bits per heavy atom. The summed E-state index contributed by atoms with van der Waals surface area (Å²) in [6, 6.07) is 0.542. The lowest BCUT2D eigenvalue weighted by molar-refractivity contribution is -0.116. The molecule has 1 saturated carbocycles. The molecule has 0 radical (unpaired) electrons. The summed E-state index contributed by atoms with van der Waals surface area (Å²) in [6.07, 6.45) is 5.33. The van der Waals surface area contributed by atoms with Crippen LogP contribution < -0.4 is 5.32 Å². The van der Waals surface area contributed by atoms with Crippen molar-refractivity contribution in [1.82, 2.24) is 20.1 Å². The van der Waals surface area contributed by atoms with Crippen LogP contribution in [0.25, 0.3) is 0 Å². The number of carbonyl (C=O) groups is 1. The van der Waals surface area contributed by atoms with Crippen molar-refractivity contribution in [2.24, 2.45) is 0 Å². The molecular weight excluding hydrogens is 180 g/mol. The summed E-state index contributed by atoms with van der Waals surface area (Å²) in [5, 5.41) is 10.4. The van der Waals surface area contributed by atoms with E-state index in [0.29, 0.717) is 12.6 Å². The number of carbonyl (C=O) groups excluding carboxylic acids is 1. The molecule has 0 bridgehead atoms. The maximum atomic E-state index is 10.9. The molecule has 5 heteroatoms. The van der Waals surface area contributed by atoms with Crippen LogP contribution in [0.15, 0.2) is 19.0 Å². The van der Waals surface area contributed by atoms with Gasteiger partial charge in [-0.2, -0.15) is 0 Å². The van der Waals surface area contributed by atoms with Crippen LogP contribution in [0.2, 0.25) is 0 Å². The third-order valence-electron chi connectivity index (χ3n) is 2.19. The summed E-state index contributed by atoms with van der Waals surface area (Å²) in [5.74, 6) is 0.623. The van der Waals surface area contributed by atoms with Crippen molar-refractivity contribution in [2.45, 2.75) is 25.4 Å². The SMILES string of the molecule is C=CC(=O)NCc1nncn1C1CC1. The molecule has 1 fully saturated rings. The fourth-order valence-electron chi connectivity index (χ4n) is 1.29. The number of aromatic nitrogens is 3. The Hall–Kier alpha value is -1.65. The summed E-state index contributed by atoms with van der Waals surface area (Å²) < 4.78 is 2.02. The maximum Gasteiger partial charge on any atom is 0.243 e. The number of amides is 1. The Morgan fingerprint density at radius 3 is 3.21 bits per heavy atom. The second kappa shape index (κ2) is 3.61. The highest BCUT2D eigenvalue weighted by Gasteiger charge is 2.25. The predicted molar refractivity (Wildman–Crippen MR) is 50.3 cm³/mol. The largest absolute Gasteiger partial charge is 0.345 e. The van der Waals surface area contributed by atoms with Crippen LogP contribution in [0.1, 0.15) is 24.7 Å². The average molecular weight is 192 g/mol. The van der Waals surface area contributed by atoms with Gasteiger partial charge in [0, 0.05) is 6.04 Å². The first-order valence-corrected chi connectivity index (χ1v) is 4.60. The average Bonchev–Trinajstić information content (AvgIpc) is 2.94. The summed E-state index contributed by atoms with van der Waals surface area (Å²) in [5.41, 5.74) is 0. The van der Waals surface area contributed by atoms with Gasteiger partial charge in [0.25, 0.3) is 0 Å². The van der Waals surface area contributed by atoms with Crippen molar-refractivity contribution in [3.8, 4) is 0 Å². The molecule has 1 amide bonds. The van der Waals surface area contributed by atoms with Crippen molar-refractivity contribution < 1.29 is 4.79 Å². The fraction of sp³-hybridized carbons (Fsp3) is 0.444.